The van der Waals surface area contributed by atoms with Gasteiger partial charge in [0.15, 0.2) is 0 Å². The first-order valence-electron chi connectivity index (χ1n) is 8.16. The van der Waals surface area contributed by atoms with Crippen molar-refractivity contribution < 1.29 is 4.79 Å². The molecule has 5 heteroatoms. The Balaban J connectivity index is 1.94. The molecule has 0 bridgehead atoms. The van der Waals surface area contributed by atoms with Crippen LogP contribution >= 0.6 is 11.8 Å². The second-order valence-electron chi connectivity index (χ2n) is 5.93. The summed E-state index contributed by atoms with van der Waals surface area (Å²) in [6.45, 7) is 4.83. The molecule has 0 saturated carbocycles. The van der Waals surface area contributed by atoms with E-state index in [0.717, 1.165) is 24.3 Å². The lowest BCUT2D eigenvalue weighted by molar-refractivity contribution is -0.123. The largest absolute Gasteiger partial charge is 0.368 e. The Morgan fingerprint density at radius 2 is 2.04 bits per heavy atom. The maximum atomic E-state index is 12.1. The predicted octanol–water partition coefficient (Wildman–Crippen LogP) is 3.02. The number of likely N-dealkylation sites (N-methyl/N-ethyl adjacent to an activating group) is 1. The summed E-state index contributed by atoms with van der Waals surface area (Å²) in [6, 6.07) is 8.39. The number of carbonyl (C=O) groups excluding carboxylic acids is 1. The molecule has 1 aromatic carbocycles. The van der Waals surface area contributed by atoms with E-state index in [1.807, 2.05) is 18.8 Å². The first-order valence-corrected chi connectivity index (χ1v) is 9.14. The standard InChI is InChI=1S/C18H27N3OS/c1-5-6-16(19-3)18(22)20-11-14-7-9-15(10-8-14)17-13(2)21(4)12-23-17/h7-10,16,19H,5-6,11-12H2,1-4H3,(H,20,22). The number of benzene rings is 1. The zero-order valence-corrected chi connectivity index (χ0v) is 15.3. The van der Waals surface area contributed by atoms with Gasteiger partial charge in [0, 0.05) is 24.2 Å². The van der Waals surface area contributed by atoms with Gasteiger partial charge in [-0.15, -0.1) is 11.8 Å². The summed E-state index contributed by atoms with van der Waals surface area (Å²) in [4.78, 5) is 15.7. The van der Waals surface area contributed by atoms with Crippen molar-refractivity contribution in [1.29, 1.82) is 0 Å². The second kappa shape index (κ2) is 8.41. The van der Waals surface area contributed by atoms with Gasteiger partial charge in [-0.05, 0) is 31.5 Å². The quantitative estimate of drug-likeness (QED) is 0.805. The molecule has 2 rings (SSSR count). The fourth-order valence-corrected chi connectivity index (χ4v) is 3.79. The average Bonchev–Trinajstić information content (AvgIpc) is 2.90. The molecular weight excluding hydrogens is 306 g/mol. The molecule has 126 valence electrons. The van der Waals surface area contributed by atoms with Gasteiger partial charge in [0.1, 0.15) is 0 Å². The fourth-order valence-electron chi connectivity index (χ4n) is 2.61. The summed E-state index contributed by atoms with van der Waals surface area (Å²) in [7, 11) is 3.95. The van der Waals surface area contributed by atoms with Gasteiger partial charge in [-0.2, -0.15) is 0 Å². The number of nitrogens with zero attached hydrogens (tertiary/aromatic N) is 1. The van der Waals surface area contributed by atoms with E-state index in [9.17, 15) is 4.79 Å². The van der Waals surface area contributed by atoms with E-state index in [0.29, 0.717) is 6.54 Å². The second-order valence-corrected chi connectivity index (χ2v) is 6.89. The molecule has 1 aromatic rings. The number of rotatable bonds is 7. The van der Waals surface area contributed by atoms with Gasteiger partial charge in [0.25, 0.3) is 0 Å². The van der Waals surface area contributed by atoms with Crippen molar-refractivity contribution >= 4 is 22.6 Å². The van der Waals surface area contributed by atoms with Crippen LogP contribution in [0.4, 0.5) is 0 Å². The Morgan fingerprint density at radius 1 is 1.35 bits per heavy atom. The minimum atomic E-state index is -0.0995. The Hall–Kier alpha value is -1.46. The Kier molecular flexibility index (Phi) is 6.54. The molecule has 0 saturated heterocycles. The van der Waals surface area contributed by atoms with Crippen LogP contribution < -0.4 is 10.6 Å². The summed E-state index contributed by atoms with van der Waals surface area (Å²) in [5.74, 6) is 1.09. The van der Waals surface area contributed by atoms with Crippen molar-refractivity contribution in [2.24, 2.45) is 0 Å². The average molecular weight is 334 g/mol. The lowest BCUT2D eigenvalue weighted by atomic mass is 10.1. The number of hydrogen-bond donors (Lipinski definition) is 2. The fraction of sp³-hybridized carbons (Fsp3) is 0.500. The molecule has 0 fully saturated rings. The molecule has 4 nitrogen and oxygen atoms in total. The van der Waals surface area contributed by atoms with Crippen molar-refractivity contribution in [3.8, 4) is 0 Å². The minimum Gasteiger partial charge on any atom is -0.368 e. The molecule has 0 aliphatic carbocycles. The highest BCUT2D eigenvalue weighted by molar-refractivity contribution is 8.08. The summed E-state index contributed by atoms with van der Waals surface area (Å²) in [6.07, 6.45) is 1.85. The van der Waals surface area contributed by atoms with Gasteiger partial charge < -0.3 is 15.5 Å². The van der Waals surface area contributed by atoms with E-state index >= 15 is 0 Å². The molecule has 23 heavy (non-hydrogen) atoms. The number of amides is 1. The number of nitrogens with one attached hydrogen (secondary N) is 2. The number of thioether (sulfide) groups is 1. The zero-order chi connectivity index (χ0) is 16.8. The van der Waals surface area contributed by atoms with Gasteiger partial charge in [-0.1, -0.05) is 37.6 Å². The molecule has 1 unspecified atom stereocenters. The normalized spacial score (nSPS) is 15.9. The molecule has 0 spiro atoms. The van der Waals surface area contributed by atoms with E-state index in [-0.39, 0.29) is 11.9 Å². The maximum absolute atomic E-state index is 12.1. The van der Waals surface area contributed by atoms with Crippen LogP contribution in [-0.4, -0.2) is 36.8 Å². The molecule has 1 amide bonds. The van der Waals surface area contributed by atoms with Crippen molar-refractivity contribution in [2.75, 3.05) is 20.0 Å². The highest BCUT2D eigenvalue weighted by Gasteiger charge is 2.18. The van der Waals surface area contributed by atoms with Gasteiger partial charge in [0.2, 0.25) is 5.91 Å². The third kappa shape index (κ3) is 4.52. The third-order valence-electron chi connectivity index (χ3n) is 4.23. The van der Waals surface area contributed by atoms with Gasteiger partial charge in [-0.25, -0.2) is 0 Å². The molecule has 0 radical (unpaired) electrons. The summed E-state index contributed by atoms with van der Waals surface area (Å²) < 4.78 is 0. The topological polar surface area (TPSA) is 44.4 Å². The van der Waals surface area contributed by atoms with Crippen LogP contribution in [0.15, 0.2) is 30.0 Å². The number of allylic oxidation sites excluding steroid dienone is 1. The van der Waals surface area contributed by atoms with E-state index in [1.165, 1.54) is 16.2 Å². The predicted molar refractivity (Wildman–Crippen MR) is 98.9 cm³/mol. The molecule has 1 atom stereocenters. The minimum absolute atomic E-state index is 0.0740. The highest BCUT2D eigenvalue weighted by atomic mass is 32.2. The van der Waals surface area contributed by atoms with Crippen LogP contribution in [0.1, 0.15) is 37.8 Å². The third-order valence-corrected chi connectivity index (χ3v) is 5.57. The van der Waals surface area contributed by atoms with Crippen LogP contribution in [0.3, 0.4) is 0 Å². The zero-order valence-electron chi connectivity index (χ0n) is 14.5. The van der Waals surface area contributed by atoms with E-state index < -0.39 is 0 Å². The van der Waals surface area contributed by atoms with Crippen molar-refractivity contribution in [3.63, 3.8) is 0 Å². The highest BCUT2D eigenvalue weighted by Crippen LogP contribution is 2.38. The summed E-state index contributed by atoms with van der Waals surface area (Å²) >= 11 is 1.88. The molecule has 1 heterocycles. The molecule has 2 N–H and O–H groups in total. The van der Waals surface area contributed by atoms with Gasteiger partial charge in [-0.3, -0.25) is 4.79 Å². The van der Waals surface area contributed by atoms with Crippen LogP contribution in [-0.2, 0) is 11.3 Å². The van der Waals surface area contributed by atoms with Crippen molar-refractivity contribution in [3.05, 3.63) is 41.1 Å². The van der Waals surface area contributed by atoms with Crippen LogP contribution in [0.5, 0.6) is 0 Å². The van der Waals surface area contributed by atoms with Crippen molar-refractivity contribution in [2.45, 2.75) is 39.3 Å². The molecule has 1 aliphatic rings. The first-order chi connectivity index (χ1) is 11.1. The van der Waals surface area contributed by atoms with Crippen molar-refractivity contribution in [1.82, 2.24) is 15.5 Å². The van der Waals surface area contributed by atoms with E-state index in [2.05, 4.69) is 60.7 Å². The SMILES string of the molecule is CCCC(NC)C(=O)NCc1ccc(C2=C(C)N(C)CS2)cc1. The lowest BCUT2D eigenvalue weighted by Crippen LogP contribution is -2.42. The van der Waals surface area contributed by atoms with Gasteiger partial charge >= 0.3 is 0 Å². The first kappa shape index (κ1) is 17.9. The Bertz CT molecular complexity index is 568. The smallest absolute Gasteiger partial charge is 0.237 e. The lowest BCUT2D eigenvalue weighted by Gasteiger charge is -2.15. The maximum Gasteiger partial charge on any atom is 0.237 e. The molecular formula is C18H27N3OS. The summed E-state index contributed by atoms with van der Waals surface area (Å²) in [5, 5.41) is 6.08. The van der Waals surface area contributed by atoms with Gasteiger partial charge in [0.05, 0.1) is 11.9 Å². The molecule has 0 aromatic heterocycles. The Labute approximate surface area is 143 Å². The molecule has 1 aliphatic heterocycles. The van der Waals surface area contributed by atoms with E-state index in [4.69, 9.17) is 0 Å². The summed E-state index contributed by atoms with van der Waals surface area (Å²) in [5.41, 5.74) is 3.71. The number of carbonyl (C=O) groups is 1. The number of hydrogen-bond acceptors (Lipinski definition) is 4. The monoisotopic (exact) mass is 333 g/mol. The van der Waals surface area contributed by atoms with Crippen LogP contribution in [0.25, 0.3) is 4.91 Å². The Morgan fingerprint density at radius 3 is 2.57 bits per heavy atom. The van der Waals surface area contributed by atoms with E-state index in [1.54, 1.807) is 0 Å². The van der Waals surface area contributed by atoms with Crippen LogP contribution in [0, 0.1) is 0 Å². The van der Waals surface area contributed by atoms with Crippen LogP contribution in [0.2, 0.25) is 0 Å².